The molecule has 0 atom stereocenters. The lowest BCUT2D eigenvalue weighted by molar-refractivity contribution is -0.124. The number of Topliss-reactive ketones (excluding diaryl/α,β-unsaturated/α-hetero) is 1. The molecule has 1 aliphatic rings. The fourth-order valence-electron chi connectivity index (χ4n) is 2.74. The lowest BCUT2D eigenvalue weighted by Gasteiger charge is -2.24. The second kappa shape index (κ2) is 7.65. The van der Waals surface area contributed by atoms with Crippen molar-refractivity contribution in [1.82, 2.24) is 0 Å². The molecule has 0 amide bonds. The third kappa shape index (κ3) is 4.22. The highest BCUT2D eigenvalue weighted by atomic mass is 35.5. The Kier molecular flexibility index (Phi) is 5.86. The van der Waals surface area contributed by atoms with Gasteiger partial charge in [-0.25, -0.2) is 0 Å². The molecule has 1 aliphatic carbocycles. The van der Waals surface area contributed by atoms with Gasteiger partial charge < -0.3 is 9.47 Å². The number of methoxy groups -OCH3 is 1. The molecule has 0 N–H and O–H groups in total. The summed E-state index contributed by atoms with van der Waals surface area (Å²) in [5.74, 6) is 1.22. The molecule has 0 radical (unpaired) electrons. The zero-order valence-electron chi connectivity index (χ0n) is 11.9. The molecule has 1 aromatic carbocycles. The van der Waals surface area contributed by atoms with Crippen molar-refractivity contribution in [2.24, 2.45) is 0 Å². The van der Waals surface area contributed by atoms with Crippen molar-refractivity contribution in [1.29, 1.82) is 0 Å². The molecule has 20 heavy (non-hydrogen) atoms. The average molecular weight is 297 g/mol. The van der Waals surface area contributed by atoms with Gasteiger partial charge in [-0.1, -0.05) is 30.9 Å². The van der Waals surface area contributed by atoms with Crippen LogP contribution in [0.25, 0.3) is 0 Å². The Labute approximate surface area is 125 Å². The molecule has 0 aromatic heterocycles. The van der Waals surface area contributed by atoms with Crippen LogP contribution in [0.5, 0.6) is 5.75 Å². The lowest BCUT2D eigenvalue weighted by Crippen LogP contribution is -2.17. The third-order valence-electron chi connectivity index (χ3n) is 3.71. The molecule has 1 saturated carbocycles. The van der Waals surface area contributed by atoms with Gasteiger partial charge in [-0.05, 0) is 42.5 Å². The number of hydrogen-bond donors (Lipinski definition) is 0. The number of rotatable bonds is 6. The minimum Gasteiger partial charge on any atom is -0.485 e. The maximum absolute atomic E-state index is 11.5. The topological polar surface area (TPSA) is 35.5 Å². The number of halogens is 1. The number of benzene rings is 1. The highest BCUT2D eigenvalue weighted by Crippen LogP contribution is 2.38. The molecule has 1 fully saturated rings. The van der Waals surface area contributed by atoms with Crippen LogP contribution in [0.2, 0.25) is 5.02 Å². The minimum atomic E-state index is -0.0583. The molecule has 0 heterocycles. The first kappa shape index (κ1) is 15.3. The van der Waals surface area contributed by atoms with E-state index in [1.165, 1.54) is 39.2 Å². The van der Waals surface area contributed by atoms with Crippen molar-refractivity contribution in [2.45, 2.75) is 38.0 Å². The number of hydrogen-bond acceptors (Lipinski definition) is 3. The molecular formula is C16H21ClO3. The van der Waals surface area contributed by atoms with E-state index in [9.17, 15) is 4.79 Å². The highest BCUT2D eigenvalue weighted by molar-refractivity contribution is 6.30. The van der Waals surface area contributed by atoms with Crippen molar-refractivity contribution in [3.8, 4) is 5.75 Å². The van der Waals surface area contributed by atoms with Crippen LogP contribution < -0.4 is 4.74 Å². The second-order valence-electron chi connectivity index (χ2n) is 5.28. The van der Waals surface area contributed by atoms with Crippen molar-refractivity contribution in [2.75, 3.05) is 20.3 Å². The molecule has 0 bridgehead atoms. The number of ether oxygens (including phenoxy) is 2. The molecule has 0 spiro atoms. The molecule has 0 saturated heterocycles. The molecule has 0 aliphatic heterocycles. The fraction of sp³-hybridized carbons (Fsp3) is 0.562. The molecule has 0 unspecified atom stereocenters. The first-order valence-corrected chi connectivity index (χ1v) is 7.51. The van der Waals surface area contributed by atoms with Gasteiger partial charge in [0, 0.05) is 12.1 Å². The Balaban J connectivity index is 2.08. The number of carbonyl (C=O) groups is 1. The molecule has 3 nitrogen and oxygen atoms in total. The Bertz CT molecular complexity index is 453. The Morgan fingerprint density at radius 1 is 1.25 bits per heavy atom. The standard InChI is InChI=1S/C16H21ClO3/c1-19-10-14(18)11-20-16-8-7-13(17)9-15(16)12-5-3-2-4-6-12/h7-9,12H,2-6,10-11H2,1H3. The molecule has 110 valence electrons. The van der Waals surface area contributed by atoms with E-state index in [2.05, 4.69) is 0 Å². The monoisotopic (exact) mass is 296 g/mol. The third-order valence-corrected chi connectivity index (χ3v) is 3.95. The predicted octanol–water partition coefficient (Wildman–Crippen LogP) is 3.98. The van der Waals surface area contributed by atoms with Gasteiger partial charge in [-0.3, -0.25) is 4.79 Å². The quantitative estimate of drug-likeness (QED) is 0.796. The Hall–Kier alpha value is -1.06. The van der Waals surface area contributed by atoms with E-state index >= 15 is 0 Å². The van der Waals surface area contributed by atoms with Gasteiger partial charge in [0.25, 0.3) is 0 Å². The zero-order valence-corrected chi connectivity index (χ0v) is 12.6. The van der Waals surface area contributed by atoms with E-state index < -0.39 is 0 Å². The fourth-order valence-corrected chi connectivity index (χ4v) is 2.92. The van der Waals surface area contributed by atoms with Crippen LogP contribution in [0.3, 0.4) is 0 Å². The van der Waals surface area contributed by atoms with Gasteiger partial charge in [0.05, 0.1) is 0 Å². The van der Waals surface area contributed by atoms with Gasteiger partial charge in [-0.2, -0.15) is 0 Å². The van der Waals surface area contributed by atoms with Crippen LogP contribution in [0.15, 0.2) is 18.2 Å². The van der Waals surface area contributed by atoms with E-state index in [-0.39, 0.29) is 19.0 Å². The summed E-state index contributed by atoms with van der Waals surface area (Å²) >= 11 is 6.11. The first-order valence-electron chi connectivity index (χ1n) is 7.13. The van der Waals surface area contributed by atoms with Crippen LogP contribution >= 0.6 is 11.6 Å². The molecule has 2 rings (SSSR count). The molecule has 4 heteroatoms. The first-order chi connectivity index (χ1) is 9.70. The van der Waals surface area contributed by atoms with E-state index in [1.807, 2.05) is 18.2 Å². The summed E-state index contributed by atoms with van der Waals surface area (Å²) in [6, 6.07) is 5.66. The Morgan fingerprint density at radius 3 is 2.70 bits per heavy atom. The van der Waals surface area contributed by atoms with E-state index in [1.54, 1.807) is 0 Å². The average Bonchev–Trinajstić information content (AvgIpc) is 2.47. The summed E-state index contributed by atoms with van der Waals surface area (Å²) in [6.07, 6.45) is 6.14. The summed E-state index contributed by atoms with van der Waals surface area (Å²) in [4.78, 5) is 11.5. The van der Waals surface area contributed by atoms with Crippen molar-refractivity contribution in [3.63, 3.8) is 0 Å². The van der Waals surface area contributed by atoms with Crippen LogP contribution in [0, 0.1) is 0 Å². The number of ketones is 1. The van der Waals surface area contributed by atoms with E-state index in [4.69, 9.17) is 21.1 Å². The van der Waals surface area contributed by atoms with Crippen LogP contribution in [-0.2, 0) is 9.53 Å². The molecular weight excluding hydrogens is 276 g/mol. The van der Waals surface area contributed by atoms with Gasteiger partial charge in [0.15, 0.2) is 5.78 Å². The summed E-state index contributed by atoms with van der Waals surface area (Å²) in [7, 11) is 1.51. The minimum absolute atomic E-state index is 0.0508. The van der Waals surface area contributed by atoms with Crippen molar-refractivity contribution in [3.05, 3.63) is 28.8 Å². The van der Waals surface area contributed by atoms with Crippen LogP contribution in [-0.4, -0.2) is 26.1 Å². The van der Waals surface area contributed by atoms with Gasteiger partial charge >= 0.3 is 0 Å². The van der Waals surface area contributed by atoms with Crippen LogP contribution in [0.4, 0.5) is 0 Å². The zero-order chi connectivity index (χ0) is 14.4. The largest absolute Gasteiger partial charge is 0.485 e. The SMILES string of the molecule is COCC(=O)COc1ccc(Cl)cc1C1CCCCC1. The van der Waals surface area contributed by atoms with Crippen LogP contribution in [0.1, 0.15) is 43.6 Å². The Morgan fingerprint density at radius 2 is 2.00 bits per heavy atom. The van der Waals surface area contributed by atoms with E-state index in [0.717, 1.165) is 16.3 Å². The van der Waals surface area contributed by atoms with Gasteiger partial charge in [0.2, 0.25) is 0 Å². The second-order valence-corrected chi connectivity index (χ2v) is 5.71. The summed E-state index contributed by atoms with van der Waals surface area (Å²) in [5, 5.41) is 0.723. The van der Waals surface area contributed by atoms with Crippen molar-refractivity contribution < 1.29 is 14.3 Å². The lowest BCUT2D eigenvalue weighted by atomic mass is 9.84. The summed E-state index contributed by atoms with van der Waals surface area (Å²) in [6.45, 7) is 0.140. The maximum atomic E-state index is 11.5. The van der Waals surface area contributed by atoms with Gasteiger partial charge in [-0.15, -0.1) is 0 Å². The maximum Gasteiger partial charge on any atom is 0.195 e. The predicted molar refractivity (Wildman–Crippen MR) is 79.7 cm³/mol. The highest BCUT2D eigenvalue weighted by Gasteiger charge is 2.20. The summed E-state index contributed by atoms with van der Waals surface area (Å²) in [5.41, 5.74) is 1.14. The summed E-state index contributed by atoms with van der Waals surface area (Å²) < 4.78 is 10.5. The van der Waals surface area contributed by atoms with Gasteiger partial charge in [0.1, 0.15) is 19.0 Å². The smallest absolute Gasteiger partial charge is 0.195 e. The normalized spacial score (nSPS) is 16.1. The number of carbonyl (C=O) groups excluding carboxylic acids is 1. The van der Waals surface area contributed by atoms with E-state index in [0.29, 0.717) is 5.92 Å². The molecule has 1 aromatic rings. The van der Waals surface area contributed by atoms with Crippen molar-refractivity contribution >= 4 is 17.4 Å².